The number of carboxylic acids is 1. The Bertz CT molecular complexity index is 434. The van der Waals surface area contributed by atoms with Gasteiger partial charge in [-0.3, -0.25) is 4.79 Å². The predicted octanol–water partition coefficient (Wildman–Crippen LogP) is 1.32. The smallest absolute Gasteiger partial charge is 0.326 e. The summed E-state index contributed by atoms with van der Waals surface area (Å²) >= 11 is 0. The van der Waals surface area contributed by atoms with E-state index in [1.807, 2.05) is 37.3 Å². The minimum atomic E-state index is -1.05. The highest BCUT2D eigenvalue weighted by Gasteiger charge is 2.23. The monoisotopic (exact) mass is 278 g/mol. The second-order valence-electron chi connectivity index (χ2n) is 4.84. The summed E-state index contributed by atoms with van der Waals surface area (Å²) in [6.45, 7) is 2.01. The highest BCUT2D eigenvalue weighted by atomic mass is 16.4. The van der Waals surface area contributed by atoms with E-state index in [9.17, 15) is 14.7 Å². The minimum absolute atomic E-state index is 0.252. The second-order valence-corrected chi connectivity index (χ2v) is 4.84. The van der Waals surface area contributed by atoms with Crippen molar-refractivity contribution in [3.63, 3.8) is 0 Å². The number of carbonyl (C=O) groups excluding carboxylic acids is 1. The van der Waals surface area contributed by atoms with Crippen molar-refractivity contribution in [3.05, 3.63) is 35.9 Å². The number of nitrogens with two attached hydrogens (primary N) is 1. The van der Waals surface area contributed by atoms with Crippen LogP contribution in [0.3, 0.4) is 0 Å². The highest BCUT2D eigenvalue weighted by molar-refractivity contribution is 5.86. The standard InChI is InChI=1S/C15H22N2O3/c1-2-3-9-12(16)14(18)17-13(15(19)20)10-11-7-5-4-6-8-11/h4-8,12-13H,2-3,9-10,16H2,1H3,(H,17,18)(H,19,20)/t12-,13-/m1/s1. The van der Waals surface area contributed by atoms with Crippen LogP contribution in [0.25, 0.3) is 0 Å². The molecule has 1 aromatic rings. The molecule has 0 saturated carbocycles. The van der Waals surface area contributed by atoms with E-state index in [0.29, 0.717) is 6.42 Å². The molecule has 110 valence electrons. The van der Waals surface area contributed by atoms with E-state index in [1.54, 1.807) is 0 Å². The molecule has 0 radical (unpaired) electrons. The molecule has 0 fully saturated rings. The van der Waals surface area contributed by atoms with Gasteiger partial charge in [-0.25, -0.2) is 4.79 Å². The zero-order valence-electron chi connectivity index (χ0n) is 11.7. The third-order valence-electron chi connectivity index (χ3n) is 3.10. The van der Waals surface area contributed by atoms with Gasteiger partial charge in [-0.2, -0.15) is 0 Å². The minimum Gasteiger partial charge on any atom is -0.480 e. The molecule has 0 saturated heterocycles. The molecule has 0 heterocycles. The Balaban J connectivity index is 2.59. The number of hydrogen-bond acceptors (Lipinski definition) is 3. The zero-order chi connectivity index (χ0) is 15.0. The first kappa shape index (κ1) is 16.2. The molecule has 0 aromatic heterocycles. The molecule has 0 aliphatic rings. The lowest BCUT2D eigenvalue weighted by Crippen LogP contribution is -2.49. The van der Waals surface area contributed by atoms with Crippen molar-refractivity contribution >= 4 is 11.9 Å². The fraction of sp³-hybridized carbons (Fsp3) is 0.467. The lowest BCUT2D eigenvalue weighted by atomic mass is 10.0. The van der Waals surface area contributed by atoms with Gasteiger partial charge in [0.05, 0.1) is 6.04 Å². The molecule has 1 amide bonds. The second kappa shape index (κ2) is 8.32. The maximum atomic E-state index is 11.9. The first-order valence-electron chi connectivity index (χ1n) is 6.87. The quantitative estimate of drug-likeness (QED) is 0.668. The normalized spacial score (nSPS) is 13.5. The van der Waals surface area contributed by atoms with Crippen molar-refractivity contribution in [1.82, 2.24) is 5.32 Å². The van der Waals surface area contributed by atoms with Crippen LogP contribution in [0, 0.1) is 0 Å². The van der Waals surface area contributed by atoms with Crippen LogP contribution >= 0.6 is 0 Å². The summed E-state index contributed by atoms with van der Waals surface area (Å²) in [6.07, 6.45) is 2.63. The average Bonchev–Trinajstić information content (AvgIpc) is 2.44. The molecule has 1 rings (SSSR count). The van der Waals surface area contributed by atoms with Crippen molar-refractivity contribution in [2.24, 2.45) is 5.73 Å². The van der Waals surface area contributed by atoms with Crippen LogP contribution in [0.5, 0.6) is 0 Å². The number of carbonyl (C=O) groups is 2. The van der Waals surface area contributed by atoms with Crippen molar-refractivity contribution in [3.8, 4) is 0 Å². The molecule has 5 heteroatoms. The van der Waals surface area contributed by atoms with Gasteiger partial charge in [0.25, 0.3) is 0 Å². The van der Waals surface area contributed by atoms with Crippen molar-refractivity contribution < 1.29 is 14.7 Å². The predicted molar refractivity (Wildman–Crippen MR) is 77.2 cm³/mol. The van der Waals surface area contributed by atoms with E-state index in [1.165, 1.54) is 0 Å². The van der Waals surface area contributed by atoms with Crippen molar-refractivity contribution in [2.75, 3.05) is 0 Å². The fourth-order valence-corrected chi connectivity index (χ4v) is 1.88. The maximum Gasteiger partial charge on any atom is 0.326 e. The Morgan fingerprint density at radius 3 is 2.50 bits per heavy atom. The lowest BCUT2D eigenvalue weighted by molar-refractivity contribution is -0.142. The number of nitrogens with one attached hydrogen (secondary N) is 1. The van der Waals surface area contributed by atoms with Gasteiger partial charge in [0.15, 0.2) is 0 Å². The van der Waals surface area contributed by atoms with E-state index >= 15 is 0 Å². The SMILES string of the molecule is CCCC[C@@H](N)C(=O)N[C@H](Cc1ccccc1)C(=O)O. The Kier molecular flexibility index (Phi) is 6.73. The van der Waals surface area contributed by atoms with Crippen LogP contribution in [0.15, 0.2) is 30.3 Å². The summed E-state index contributed by atoms with van der Waals surface area (Å²) in [5, 5.41) is 11.7. The van der Waals surface area contributed by atoms with E-state index in [0.717, 1.165) is 18.4 Å². The third-order valence-corrected chi connectivity index (χ3v) is 3.10. The summed E-state index contributed by atoms with van der Waals surface area (Å²) < 4.78 is 0. The summed E-state index contributed by atoms with van der Waals surface area (Å²) in [6, 6.07) is 7.60. The number of hydrogen-bond donors (Lipinski definition) is 3. The van der Waals surface area contributed by atoms with Gasteiger partial charge in [0, 0.05) is 6.42 Å². The Morgan fingerprint density at radius 2 is 1.95 bits per heavy atom. The Morgan fingerprint density at radius 1 is 1.30 bits per heavy atom. The third kappa shape index (κ3) is 5.40. The zero-order valence-corrected chi connectivity index (χ0v) is 11.7. The number of rotatable bonds is 8. The highest BCUT2D eigenvalue weighted by Crippen LogP contribution is 2.05. The molecule has 0 aliphatic heterocycles. The molecular formula is C15H22N2O3. The number of amides is 1. The van der Waals surface area contributed by atoms with E-state index in [2.05, 4.69) is 5.32 Å². The number of benzene rings is 1. The fourth-order valence-electron chi connectivity index (χ4n) is 1.88. The van der Waals surface area contributed by atoms with Crippen LogP contribution in [-0.2, 0) is 16.0 Å². The van der Waals surface area contributed by atoms with E-state index < -0.39 is 24.0 Å². The summed E-state index contributed by atoms with van der Waals surface area (Å²) in [4.78, 5) is 23.1. The van der Waals surface area contributed by atoms with Gasteiger partial charge in [0.1, 0.15) is 6.04 Å². The van der Waals surface area contributed by atoms with Gasteiger partial charge in [-0.05, 0) is 12.0 Å². The first-order chi connectivity index (χ1) is 9.54. The van der Waals surface area contributed by atoms with Crippen molar-refractivity contribution in [2.45, 2.75) is 44.7 Å². The average molecular weight is 278 g/mol. The van der Waals surface area contributed by atoms with E-state index in [4.69, 9.17) is 5.73 Å². The molecule has 0 spiro atoms. The number of aliphatic carboxylic acids is 1. The summed E-state index contributed by atoms with van der Waals surface area (Å²) in [5.41, 5.74) is 6.60. The Labute approximate surface area is 119 Å². The maximum absolute atomic E-state index is 11.9. The van der Waals surface area contributed by atoms with Gasteiger partial charge in [-0.15, -0.1) is 0 Å². The largest absolute Gasteiger partial charge is 0.480 e. The number of unbranched alkanes of at least 4 members (excludes halogenated alkanes) is 1. The van der Waals surface area contributed by atoms with Crippen LogP contribution in [0.1, 0.15) is 31.7 Å². The molecule has 20 heavy (non-hydrogen) atoms. The molecule has 2 atom stereocenters. The Hall–Kier alpha value is -1.88. The van der Waals surface area contributed by atoms with Crippen LogP contribution in [-0.4, -0.2) is 29.1 Å². The molecule has 5 nitrogen and oxygen atoms in total. The molecule has 0 bridgehead atoms. The van der Waals surface area contributed by atoms with Gasteiger partial charge in [0.2, 0.25) is 5.91 Å². The van der Waals surface area contributed by atoms with Crippen LogP contribution in [0.4, 0.5) is 0 Å². The van der Waals surface area contributed by atoms with Crippen LogP contribution < -0.4 is 11.1 Å². The first-order valence-corrected chi connectivity index (χ1v) is 6.87. The van der Waals surface area contributed by atoms with Gasteiger partial charge < -0.3 is 16.2 Å². The number of carboxylic acid groups (broad SMARTS) is 1. The molecular weight excluding hydrogens is 256 g/mol. The summed E-state index contributed by atoms with van der Waals surface area (Å²) in [5.74, 6) is -1.45. The van der Waals surface area contributed by atoms with Gasteiger partial charge in [-0.1, -0.05) is 50.1 Å². The van der Waals surface area contributed by atoms with Crippen molar-refractivity contribution in [1.29, 1.82) is 0 Å². The lowest BCUT2D eigenvalue weighted by Gasteiger charge is -2.17. The van der Waals surface area contributed by atoms with Crippen LogP contribution in [0.2, 0.25) is 0 Å². The van der Waals surface area contributed by atoms with Gasteiger partial charge >= 0.3 is 5.97 Å². The molecule has 0 aliphatic carbocycles. The molecule has 1 aromatic carbocycles. The summed E-state index contributed by atoms with van der Waals surface area (Å²) in [7, 11) is 0. The van der Waals surface area contributed by atoms with E-state index in [-0.39, 0.29) is 6.42 Å². The molecule has 4 N–H and O–H groups in total. The topological polar surface area (TPSA) is 92.4 Å². The molecule has 0 unspecified atom stereocenters.